The Kier molecular flexibility index (Phi) is 5.39. The Morgan fingerprint density at radius 3 is 2.45 bits per heavy atom. The van der Waals surface area contributed by atoms with Gasteiger partial charge in [-0.05, 0) is 40.5 Å². The molecule has 0 aromatic carbocycles. The number of aliphatic hydroxyl groups excluding tert-OH is 1. The summed E-state index contributed by atoms with van der Waals surface area (Å²) >= 11 is 0. The lowest BCUT2D eigenvalue weighted by atomic mass is 9.96. The van der Waals surface area contributed by atoms with Gasteiger partial charge in [-0.2, -0.15) is 0 Å². The van der Waals surface area contributed by atoms with Crippen LogP contribution >= 0.6 is 0 Å². The van der Waals surface area contributed by atoms with Crippen molar-refractivity contribution >= 4 is 12.1 Å². The van der Waals surface area contributed by atoms with Crippen molar-refractivity contribution in [3.05, 3.63) is 0 Å². The van der Waals surface area contributed by atoms with Crippen molar-refractivity contribution in [2.75, 3.05) is 13.7 Å². The highest BCUT2D eigenvalue weighted by atomic mass is 16.6. The third-order valence-corrected chi connectivity index (χ3v) is 3.41. The molecule has 1 fully saturated rings. The smallest absolute Gasteiger partial charge is 0.410 e. The molecule has 1 rings (SSSR count). The van der Waals surface area contributed by atoms with Crippen LogP contribution in [-0.4, -0.2) is 53.5 Å². The van der Waals surface area contributed by atoms with Gasteiger partial charge in [0.15, 0.2) is 0 Å². The van der Waals surface area contributed by atoms with Gasteiger partial charge in [0.05, 0.1) is 25.2 Å². The average molecular weight is 287 g/mol. The fourth-order valence-corrected chi connectivity index (χ4v) is 2.35. The molecule has 20 heavy (non-hydrogen) atoms. The summed E-state index contributed by atoms with van der Waals surface area (Å²) < 4.78 is 9.96. The molecule has 0 aromatic heterocycles. The Bertz CT molecular complexity index is 363. The molecule has 1 saturated heterocycles. The largest absolute Gasteiger partial charge is 0.469 e. The molecular formula is C14H25NO5. The van der Waals surface area contributed by atoms with Crippen molar-refractivity contribution in [2.45, 2.75) is 58.3 Å². The van der Waals surface area contributed by atoms with E-state index in [1.807, 2.05) is 0 Å². The van der Waals surface area contributed by atoms with E-state index in [4.69, 9.17) is 4.74 Å². The SMILES string of the molecule is COC(=O)[C@@H](C)[C@@H](O)[C@@H]1CCCN1C(=O)OC(C)(C)C. The molecule has 116 valence electrons. The summed E-state index contributed by atoms with van der Waals surface area (Å²) in [6.45, 7) is 7.52. The highest BCUT2D eigenvalue weighted by Gasteiger charge is 2.40. The van der Waals surface area contributed by atoms with E-state index in [0.717, 1.165) is 6.42 Å². The number of carbonyl (C=O) groups is 2. The first-order valence-electron chi connectivity index (χ1n) is 6.93. The highest BCUT2D eigenvalue weighted by molar-refractivity contribution is 5.73. The maximum Gasteiger partial charge on any atom is 0.410 e. The van der Waals surface area contributed by atoms with Gasteiger partial charge in [-0.3, -0.25) is 4.79 Å². The number of likely N-dealkylation sites (tertiary alicyclic amines) is 1. The first-order valence-corrected chi connectivity index (χ1v) is 6.93. The minimum Gasteiger partial charge on any atom is -0.469 e. The number of hydrogen-bond donors (Lipinski definition) is 1. The van der Waals surface area contributed by atoms with Crippen LogP contribution in [0.5, 0.6) is 0 Å². The van der Waals surface area contributed by atoms with Crippen molar-refractivity contribution in [1.29, 1.82) is 0 Å². The molecule has 0 bridgehead atoms. The topological polar surface area (TPSA) is 76.1 Å². The second-order valence-corrected chi connectivity index (χ2v) is 6.19. The van der Waals surface area contributed by atoms with E-state index >= 15 is 0 Å². The quantitative estimate of drug-likeness (QED) is 0.797. The zero-order chi connectivity index (χ0) is 15.5. The Balaban J connectivity index is 2.74. The van der Waals surface area contributed by atoms with Gasteiger partial charge in [-0.25, -0.2) is 4.79 Å². The molecule has 0 radical (unpaired) electrons. The molecule has 1 aliphatic rings. The Morgan fingerprint density at radius 2 is 1.95 bits per heavy atom. The Labute approximate surface area is 120 Å². The maximum atomic E-state index is 12.1. The second kappa shape index (κ2) is 6.43. The van der Waals surface area contributed by atoms with Crippen LogP contribution in [0.15, 0.2) is 0 Å². The number of ether oxygens (including phenoxy) is 2. The van der Waals surface area contributed by atoms with E-state index < -0.39 is 35.7 Å². The van der Waals surface area contributed by atoms with Crippen LogP contribution in [0.4, 0.5) is 4.79 Å². The second-order valence-electron chi connectivity index (χ2n) is 6.19. The van der Waals surface area contributed by atoms with Crippen LogP contribution in [0.3, 0.4) is 0 Å². The number of aliphatic hydroxyl groups is 1. The molecule has 0 spiro atoms. The molecule has 1 N–H and O–H groups in total. The Hall–Kier alpha value is -1.30. The van der Waals surface area contributed by atoms with Gasteiger partial charge in [0, 0.05) is 6.54 Å². The molecule has 1 aliphatic heterocycles. The van der Waals surface area contributed by atoms with Gasteiger partial charge in [-0.15, -0.1) is 0 Å². The molecule has 1 amide bonds. The monoisotopic (exact) mass is 287 g/mol. The van der Waals surface area contributed by atoms with Crippen LogP contribution in [0.2, 0.25) is 0 Å². The third-order valence-electron chi connectivity index (χ3n) is 3.41. The van der Waals surface area contributed by atoms with E-state index in [1.165, 1.54) is 12.0 Å². The van der Waals surface area contributed by atoms with Crippen LogP contribution in [0.25, 0.3) is 0 Å². The van der Waals surface area contributed by atoms with Crippen molar-refractivity contribution in [3.63, 3.8) is 0 Å². The molecule has 6 heteroatoms. The number of carbonyl (C=O) groups excluding carboxylic acids is 2. The molecule has 6 nitrogen and oxygen atoms in total. The summed E-state index contributed by atoms with van der Waals surface area (Å²) in [5, 5.41) is 10.3. The molecule has 0 saturated carbocycles. The van der Waals surface area contributed by atoms with Crippen LogP contribution < -0.4 is 0 Å². The molecule has 3 atom stereocenters. The number of nitrogens with zero attached hydrogens (tertiary/aromatic N) is 1. The van der Waals surface area contributed by atoms with E-state index in [-0.39, 0.29) is 0 Å². The van der Waals surface area contributed by atoms with Crippen molar-refractivity contribution in [1.82, 2.24) is 4.90 Å². The molecule has 1 heterocycles. The predicted octanol–water partition coefficient (Wildman–Crippen LogP) is 1.56. The average Bonchev–Trinajstić information content (AvgIpc) is 2.83. The summed E-state index contributed by atoms with van der Waals surface area (Å²) in [6.07, 6.45) is 0.0462. The number of methoxy groups -OCH3 is 1. The number of rotatable bonds is 3. The van der Waals surface area contributed by atoms with Crippen LogP contribution in [0.1, 0.15) is 40.5 Å². The van der Waals surface area contributed by atoms with E-state index in [9.17, 15) is 14.7 Å². The van der Waals surface area contributed by atoms with Gasteiger partial charge < -0.3 is 19.5 Å². The maximum absolute atomic E-state index is 12.1. The van der Waals surface area contributed by atoms with Gasteiger partial charge in [0.1, 0.15) is 5.60 Å². The van der Waals surface area contributed by atoms with E-state index in [0.29, 0.717) is 13.0 Å². The van der Waals surface area contributed by atoms with Crippen molar-refractivity contribution in [2.24, 2.45) is 5.92 Å². The number of amides is 1. The highest BCUT2D eigenvalue weighted by Crippen LogP contribution is 2.26. The third kappa shape index (κ3) is 4.10. The lowest BCUT2D eigenvalue weighted by molar-refractivity contribution is -0.150. The first-order chi connectivity index (χ1) is 9.17. The molecular weight excluding hydrogens is 262 g/mol. The van der Waals surface area contributed by atoms with E-state index in [2.05, 4.69) is 4.74 Å². The lowest BCUT2D eigenvalue weighted by Gasteiger charge is -2.32. The zero-order valence-corrected chi connectivity index (χ0v) is 12.9. The van der Waals surface area contributed by atoms with Crippen LogP contribution in [0, 0.1) is 5.92 Å². The molecule has 0 aliphatic carbocycles. The van der Waals surface area contributed by atoms with Gasteiger partial charge in [0.2, 0.25) is 0 Å². The summed E-state index contributed by atoms with van der Waals surface area (Å²) in [7, 11) is 1.28. The summed E-state index contributed by atoms with van der Waals surface area (Å²) in [5.74, 6) is -1.15. The van der Waals surface area contributed by atoms with Gasteiger partial charge in [-0.1, -0.05) is 0 Å². The minimum atomic E-state index is -0.947. The fourth-order valence-electron chi connectivity index (χ4n) is 2.35. The minimum absolute atomic E-state index is 0.404. The van der Waals surface area contributed by atoms with E-state index in [1.54, 1.807) is 27.7 Å². The van der Waals surface area contributed by atoms with Crippen LogP contribution in [-0.2, 0) is 14.3 Å². The van der Waals surface area contributed by atoms with Crippen molar-refractivity contribution in [3.8, 4) is 0 Å². The number of hydrogen-bond acceptors (Lipinski definition) is 5. The summed E-state index contributed by atoms with van der Waals surface area (Å²) in [4.78, 5) is 25.1. The number of esters is 1. The normalized spacial score (nSPS) is 22.3. The standard InChI is InChI=1S/C14H25NO5/c1-9(12(17)19-5)11(16)10-7-6-8-15(10)13(18)20-14(2,3)4/h9-11,16H,6-8H2,1-5H3/t9-,10-,11+/m0/s1. The predicted molar refractivity (Wildman–Crippen MR) is 73.1 cm³/mol. The molecule has 0 unspecified atom stereocenters. The van der Waals surface area contributed by atoms with Gasteiger partial charge in [0.25, 0.3) is 0 Å². The molecule has 0 aromatic rings. The van der Waals surface area contributed by atoms with Crippen molar-refractivity contribution < 1.29 is 24.2 Å². The Morgan fingerprint density at radius 1 is 1.35 bits per heavy atom. The zero-order valence-electron chi connectivity index (χ0n) is 12.9. The summed E-state index contributed by atoms with van der Waals surface area (Å²) in [5.41, 5.74) is -0.580. The van der Waals surface area contributed by atoms with Gasteiger partial charge >= 0.3 is 12.1 Å². The summed E-state index contributed by atoms with van der Waals surface area (Å²) in [6, 6.07) is -0.404. The first kappa shape index (κ1) is 16.8. The fraction of sp³-hybridized carbons (Fsp3) is 0.857. The lowest BCUT2D eigenvalue weighted by Crippen LogP contribution is -2.48.